The molecule has 1 aliphatic carbocycles. The van der Waals surface area contributed by atoms with Crippen molar-refractivity contribution in [3.05, 3.63) is 29.8 Å². The van der Waals surface area contributed by atoms with Crippen LogP contribution in [0.3, 0.4) is 0 Å². The van der Waals surface area contributed by atoms with Gasteiger partial charge in [-0.15, -0.1) is 11.8 Å². The lowest BCUT2D eigenvalue weighted by Crippen LogP contribution is -2.42. The lowest BCUT2D eigenvalue weighted by atomic mass is 9.80. The van der Waals surface area contributed by atoms with Gasteiger partial charge in [0.2, 0.25) is 0 Å². The van der Waals surface area contributed by atoms with Gasteiger partial charge in [-0.25, -0.2) is 0 Å². The summed E-state index contributed by atoms with van der Waals surface area (Å²) in [6, 6.07) is 8.33. The van der Waals surface area contributed by atoms with Crippen LogP contribution in [0, 0.1) is 0 Å². The van der Waals surface area contributed by atoms with Crippen LogP contribution in [-0.4, -0.2) is 22.6 Å². The Morgan fingerprint density at radius 3 is 2.60 bits per heavy atom. The average molecular weight is 292 g/mol. The molecule has 1 saturated carbocycles. The Hall–Kier alpha value is -0.510. The summed E-state index contributed by atoms with van der Waals surface area (Å²) < 4.78 is 6.16. The van der Waals surface area contributed by atoms with Crippen molar-refractivity contribution in [1.82, 2.24) is 0 Å². The highest BCUT2D eigenvalue weighted by Gasteiger charge is 2.38. The van der Waals surface area contributed by atoms with Gasteiger partial charge in [-0.05, 0) is 43.4 Å². The molecule has 3 heteroatoms. The van der Waals surface area contributed by atoms with Crippen LogP contribution in [0.4, 0.5) is 0 Å². The second-order valence-electron chi connectivity index (χ2n) is 6.13. The Morgan fingerprint density at radius 1 is 1.15 bits per heavy atom. The number of benzene rings is 1. The van der Waals surface area contributed by atoms with Crippen molar-refractivity contribution in [1.29, 1.82) is 0 Å². The molecule has 1 aliphatic heterocycles. The molecule has 1 aromatic rings. The summed E-state index contributed by atoms with van der Waals surface area (Å²) in [4.78, 5) is 1.32. The molecular formula is C17H24O2S. The van der Waals surface area contributed by atoms with Crippen LogP contribution in [0.2, 0.25) is 0 Å². The third kappa shape index (κ3) is 3.38. The molecule has 2 aliphatic rings. The van der Waals surface area contributed by atoms with Crippen molar-refractivity contribution in [3.8, 4) is 0 Å². The maximum Gasteiger partial charge on any atom is 0.0693 e. The van der Waals surface area contributed by atoms with Gasteiger partial charge in [0.25, 0.3) is 0 Å². The predicted octanol–water partition coefficient (Wildman–Crippen LogP) is 4.15. The topological polar surface area (TPSA) is 29.5 Å². The maximum absolute atomic E-state index is 9.09. The van der Waals surface area contributed by atoms with E-state index < -0.39 is 0 Å². The van der Waals surface area contributed by atoms with Crippen LogP contribution < -0.4 is 0 Å². The molecule has 1 unspecified atom stereocenters. The quantitative estimate of drug-likeness (QED) is 0.907. The van der Waals surface area contributed by atoms with E-state index in [2.05, 4.69) is 12.1 Å². The van der Waals surface area contributed by atoms with E-state index in [1.54, 1.807) is 0 Å². The van der Waals surface area contributed by atoms with Crippen molar-refractivity contribution in [3.63, 3.8) is 0 Å². The SMILES string of the molecule is OCc1ccc(SC2CCOC3(CCCCC3)C2)cc1. The Morgan fingerprint density at radius 2 is 1.90 bits per heavy atom. The minimum atomic E-state index is 0.130. The summed E-state index contributed by atoms with van der Waals surface area (Å²) in [7, 11) is 0. The van der Waals surface area contributed by atoms with E-state index in [0.717, 1.165) is 18.6 Å². The van der Waals surface area contributed by atoms with E-state index in [9.17, 15) is 0 Å². The smallest absolute Gasteiger partial charge is 0.0693 e. The minimum absolute atomic E-state index is 0.130. The number of aliphatic hydroxyl groups is 1. The van der Waals surface area contributed by atoms with Gasteiger partial charge in [0.15, 0.2) is 0 Å². The van der Waals surface area contributed by atoms with Crippen LogP contribution in [0.15, 0.2) is 29.2 Å². The van der Waals surface area contributed by atoms with Crippen LogP contribution in [0.5, 0.6) is 0 Å². The Kier molecular flexibility index (Phi) is 4.69. The monoisotopic (exact) mass is 292 g/mol. The lowest BCUT2D eigenvalue weighted by molar-refractivity contribution is -0.0970. The second kappa shape index (κ2) is 6.50. The van der Waals surface area contributed by atoms with E-state index in [0.29, 0.717) is 5.25 Å². The Balaban J connectivity index is 1.61. The van der Waals surface area contributed by atoms with E-state index in [1.165, 1.54) is 43.4 Å². The highest BCUT2D eigenvalue weighted by molar-refractivity contribution is 8.00. The molecule has 1 aromatic carbocycles. The molecule has 0 radical (unpaired) electrons. The van der Waals surface area contributed by atoms with E-state index in [4.69, 9.17) is 9.84 Å². The zero-order chi connectivity index (χ0) is 13.8. The number of aliphatic hydroxyl groups excluding tert-OH is 1. The molecule has 1 N–H and O–H groups in total. The first-order valence-electron chi connectivity index (χ1n) is 7.80. The number of ether oxygens (including phenoxy) is 1. The maximum atomic E-state index is 9.09. The predicted molar refractivity (Wildman–Crippen MR) is 83.0 cm³/mol. The van der Waals surface area contributed by atoms with Gasteiger partial charge in [0.05, 0.1) is 12.2 Å². The molecule has 1 heterocycles. The summed E-state index contributed by atoms with van der Waals surface area (Å²) in [6.07, 6.45) is 8.94. The Bertz CT molecular complexity index is 418. The van der Waals surface area contributed by atoms with Crippen molar-refractivity contribution in [2.24, 2.45) is 0 Å². The van der Waals surface area contributed by atoms with Crippen LogP contribution in [0.1, 0.15) is 50.5 Å². The molecule has 20 heavy (non-hydrogen) atoms. The van der Waals surface area contributed by atoms with Crippen LogP contribution >= 0.6 is 11.8 Å². The fourth-order valence-corrected chi connectivity index (χ4v) is 4.77. The number of hydrogen-bond acceptors (Lipinski definition) is 3. The summed E-state index contributed by atoms with van der Waals surface area (Å²) in [5.74, 6) is 0. The van der Waals surface area contributed by atoms with Gasteiger partial charge < -0.3 is 9.84 Å². The van der Waals surface area contributed by atoms with E-state index in [1.807, 2.05) is 23.9 Å². The van der Waals surface area contributed by atoms with E-state index >= 15 is 0 Å². The van der Waals surface area contributed by atoms with Crippen molar-refractivity contribution in [2.75, 3.05) is 6.61 Å². The highest BCUT2D eigenvalue weighted by atomic mass is 32.2. The van der Waals surface area contributed by atoms with Gasteiger partial charge >= 0.3 is 0 Å². The summed E-state index contributed by atoms with van der Waals surface area (Å²) in [5, 5.41) is 9.77. The first-order valence-corrected chi connectivity index (χ1v) is 8.68. The first-order chi connectivity index (χ1) is 9.80. The molecule has 0 bridgehead atoms. The third-order valence-corrected chi connectivity index (χ3v) is 5.90. The molecule has 1 atom stereocenters. The molecule has 2 fully saturated rings. The lowest BCUT2D eigenvalue weighted by Gasteiger charge is -2.43. The fraction of sp³-hybridized carbons (Fsp3) is 0.647. The van der Waals surface area contributed by atoms with Gasteiger partial charge in [0.1, 0.15) is 0 Å². The molecule has 1 spiro atoms. The highest BCUT2D eigenvalue weighted by Crippen LogP contribution is 2.43. The fourth-order valence-electron chi connectivity index (χ4n) is 3.49. The minimum Gasteiger partial charge on any atom is -0.392 e. The molecule has 2 nitrogen and oxygen atoms in total. The van der Waals surface area contributed by atoms with Crippen molar-refractivity contribution in [2.45, 2.75) is 67.3 Å². The molecule has 0 aromatic heterocycles. The number of hydrogen-bond donors (Lipinski definition) is 1. The van der Waals surface area contributed by atoms with E-state index in [-0.39, 0.29) is 12.2 Å². The van der Waals surface area contributed by atoms with Gasteiger partial charge in [-0.2, -0.15) is 0 Å². The van der Waals surface area contributed by atoms with Crippen molar-refractivity contribution >= 4 is 11.8 Å². The Labute approximate surface area is 125 Å². The first kappa shape index (κ1) is 14.4. The number of rotatable bonds is 3. The molecule has 110 valence electrons. The van der Waals surface area contributed by atoms with Gasteiger partial charge in [-0.1, -0.05) is 31.4 Å². The van der Waals surface area contributed by atoms with Crippen LogP contribution in [0.25, 0.3) is 0 Å². The normalized spacial score (nSPS) is 25.8. The molecular weight excluding hydrogens is 268 g/mol. The zero-order valence-electron chi connectivity index (χ0n) is 12.0. The van der Waals surface area contributed by atoms with Gasteiger partial charge in [0, 0.05) is 16.8 Å². The summed E-state index contributed by atoms with van der Waals surface area (Å²) >= 11 is 1.99. The van der Waals surface area contributed by atoms with Gasteiger partial charge in [-0.3, -0.25) is 0 Å². The molecule has 3 rings (SSSR count). The second-order valence-corrected chi connectivity index (χ2v) is 7.50. The standard InChI is InChI=1S/C17H24O2S/c18-13-14-4-6-15(7-5-14)20-16-8-11-19-17(12-16)9-2-1-3-10-17/h4-7,16,18H,1-3,8-13H2. The number of thioether (sulfide) groups is 1. The summed E-state index contributed by atoms with van der Waals surface area (Å²) in [5.41, 5.74) is 1.18. The average Bonchev–Trinajstić information content (AvgIpc) is 2.49. The van der Waals surface area contributed by atoms with Crippen LogP contribution in [-0.2, 0) is 11.3 Å². The zero-order valence-corrected chi connectivity index (χ0v) is 12.8. The van der Waals surface area contributed by atoms with Crippen molar-refractivity contribution < 1.29 is 9.84 Å². The molecule has 0 amide bonds. The molecule has 1 saturated heterocycles. The third-order valence-electron chi connectivity index (χ3n) is 4.62. The largest absolute Gasteiger partial charge is 0.392 e. The summed E-state index contributed by atoms with van der Waals surface area (Å²) in [6.45, 7) is 1.05.